The molecule has 636 valence electrons. The van der Waals surface area contributed by atoms with Crippen LogP contribution in [0.25, 0.3) is 0 Å². The fourth-order valence-electron chi connectivity index (χ4n) is 13.7. The molecule has 0 aliphatic heterocycles. The third-order valence-electron chi connectivity index (χ3n) is 20.6. The first-order valence-electron chi connectivity index (χ1n) is 45.3. The Balaban J connectivity index is 5.22. The predicted octanol–water partition coefficient (Wildman–Crippen LogP) is 26.9. The maximum absolute atomic E-state index is 13.2. The summed E-state index contributed by atoms with van der Waals surface area (Å²) in [6.07, 6.45) is 69.4. The van der Waals surface area contributed by atoms with Crippen molar-refractivity contribution in [3.8, 4) is 0 Å². The van der Waals surface area contributed by atoms with Crippen molar-refractivity contribution in [1.82, 2.24) is 0 Å². The Kier molecular flexibility index (Phi) is 76.6. The number of rotatable bonds is 86. The standard InChI is InChI=1S/C88H172O17P2/c1-8-9-10-11-12-13-41-48-55-62-69-85(90)98-75-83(104-88(93)72-65-58-51-44-37-31-25-24-28-34-40-47-54-61-68-81(6)7)77-102-106(94,95)100-73-82(89)74-101-107(96,97)103-78-84(76-99-86(91)70-63-56-49-42-35-29-22-19-18-21-27-33-39-46-53-60-67-80(4)5)105-87(92)71-64-57-50-43-36-30-23-17-15-14-16-20-26-32-38-45-52-59-66-79(2)3/h79-84,89H,8-78H2,1-7H3,(H,94,95)(H,96,97)/t82-,83+,84+/m0/s1. The molecule has 0 heterocycles. The summed E-state index contributed by atoms with van der Waals surface area (Å²) >= 11 is 0. The van der Waals surface area contributed by atoms with Gasteiger partial charge in [0.25, 0.3) is 0 Å². The molecule has 0 saturated heterocycles. The molecule has 0 fully saturated rings. The average molecular weight is 1560 g/mol. The lowest BCUT2D eigenvalue weighted by molar-refractivity contribution is -0.161. The van der Waals surface area contributed by atoms with E-state index in [1.807, 2.05) is 0 Å². The normalized spacial score (nSPS) is 13.8. The van der Waals surface area contributed by atoms with E-state index in [-0.39, 0.29) is 25.7 Å². The Morgan fingerprint density at radius 1 is 0.252 bits per heavy atom. The third kappa shape index (κ3) is 81.9. The van der Waals surface area contributed by atoms with E-state index < -0.39 is 97.5 Å². The lowest BCUT2D eigenvalue weighted by Crippen LogP contribution is -2.30. The second-order valence-corrected chi connectivity index (χ2v) is 36.0. The van der Waals surface area contributed by atoms with Gasteiger partial charge >= 0.3 is 39.5 Å². The number of aliphatic hydroxyl groups excluding tert-OH is 1. The van der Waals surface area contributed by atoms with Gasteiger partial charge in [0.2, 0.25) is 0 Å². The molecule has 0 bridgehead atoms. The van der Waals surface area contributed by atoms with Gasteiger partial charge in [-0.1, -0.05) is 414 Å². The van der Waals surface area contributed by atoms with Crippen molar-refractivity contribution in [2.45, 2.75) is 484 Å². The number of unbranched alkanes of at least 4 members (excludes halogenated alkanes) is 54. The van der Waals surface area contributed by atoms with Gasteiger partial charge in [-0.15, -0.1) is 0 Å². The number of carbonyl (C=O) groups excluding carboxylic acids is 4. The first-order valence-corrected chi connectivity index (χ1v) is 48.3. The highest BCUT2D eigenvalue weighted by Crippen LogP contribution is 2.45. The van der Waals surface area contributed by atoms with Gasteiger partial charge in [0.1, 0.15) is 19.3 Å². The molecule has 0 spiro atoms. The van der Waals surface area contributed by atoms with Crippen molar-refractivity contribution >= 4 is 39.5 Å². The quantitative estimate of drug-likeness (QED) is 0.0222. The van der Waals surface area contributed by atoms with Gasteiger partial charge < -0.3 is 33.8 Å². The molecule has 0 amide bonds. The van der Waals surface area contributed by atoms with E-state index in [9.17, 15) is 43.2 Å². The van der Waals surface area contributed by atoms with Gasteiger partial charge in [-0.05, 0) is 43.4 Å². The van der Waals surface area contributed by atoms with Gasteiger partial charge in [0.15, 0.2) is 12.2 Å². The van der Waals surface area contributed by atoms with Crippen LogP contribution >= 0.6 is 15.6 Å². The van der Waals surface area contributed by atoms with Crippen molar-refractivity contribution in [3.05, 3.63) is 0 Å². The topological polar surface area (TPSA) is 237 Å². The van der Waals surface area contributed by atoms with Crippen molar-refractivity contribution in [3.63, 3.8) is 0 Å². The van der Waals surface area contributed by atoms with Crippen LogP contribution in [-0.2, 0) is 65.4 Å². The van der Waals surface area contributed by atoms with Gasteiger partial charge in [0, 0.05) is 25.7 Å². The van der Waals surface area contributed by atoms with Crippen LogP contribution in [0.4, 0.5) is 0 Å². The maximum atomic E-state index is 13.2. The van der Waals surface area contributed by atoms with E-state index in [4.69, 9.17) is 37.0 Å². The highest BCUT2D eigenvalue weighted by Gasteiger charge is 2.31. The Bertz CT molecular complexity index is 2060. The van der Waals surface area contributed by atoms with Gasteiger partial charge in [-0.25, -0.2) is 9.13 Å². The van der Waals surface area contributed by atoms with Gasteiger partial charge in [-0.2, -0.15) is 0 Å². The van der Waals surface area contributed by atoms with Crippen molar-refractivity contribution in [1.29, 1.82) is 0 Å². The zero-order valence-corrected chi connectivity index (χ0v) is 72.4. The minimum Gasteiger partial charge on any atom is -0.462 e. The summed E-state index contributed by atoms with van der Waals surface area (Å²) in [6.45, 7) is 12.1. The number of phosphoric acid groups is 2. The molecule has 0 aromatic heterocycles. The molecule has 0 aromatic carbocycles. The van der Waals surface area contributed by atoms with Crippen molar-refractivity contribution < 1.29 is 80.2 Å². The Morgan fingerprint density at radius 2 is 0.430 bits per heavy atom. The second kappa shape index (κ2) is 78.0. The number of ether oxygens (including phenoxy) is 4. The molecule has 107 heavy (non-hydrogen) atoms. The van der Waals surface area contributed by atoms with E-state index >= 15 is 0 Å². The van der Waals surface area contributed by atoms with E-state index in [2.05, 4.69) is 48.5 Å². The molecule has 2 unspecified atom stereocenters. The summed E-state index contributed by atoms with van der Waals surface area (Å²) in [5.74, 6) is 0.327. The molecular weight excluding hydrogens is 1390 g/mol. The monoisotopic (exact) mass is 1560 g/mol. The zero-order chi connectivity index (χ0) is 78.6. The smallest absolute Gasteiger partial charge is 0.462 e. The molecule has 0 aliphatic carbocycles. The minimum atomic E-state index is -4.97. The highest BCUT2D eigenvalue weighted by molar-refractivity contribution is 7.47. The molecule has 3 N–H and O–H groups in total. The molecule has 17 nitrogen and oxygen atoms in total. The lowest BCUT2D eigenvalue weighted by atomic mass is 10.0. The number of phosphoric ester groups is 2. The summed E-state index contributed by atoms with van der Waals surface area (Å²) in [5, 5.41) is 10.7. The van der Waals surface area contributed by atoms with Gasteiger partial charge in [-0.3, -0.25) is 37.3 Å². The SMILES string of the molecule is CCCCCCCCCCCCC(=O)OC[C@H](COP(=O)(O)OC[C@H](O)COP(=O)(O)OC[C@@H](COC(=O)CCCCCCCCCCCCCCCCCCC(C)C)OC(=O)CCCCCCCCCCCCCCCCCCCCC(C)C)OC(=O)CCCCCCCCCCCCCCCCC(C)C. The first-order chi connectivity index (χ1) is 51.7. The van der Waals surface area contributed by atoms with Crippen LogP contribution < -0.4 is 0 Å². The number of esters is 4. The molecular formula is C88H172O17P2. The minimum absolute atomic E-state index is 0.108. The Morgan fingerprint density at radius 3 is 0.636 bits per heavy atom. The molecule has 0 rings (SSSR count). The molecule has 0 saturated carbocycles. The molecule has 19 heteroatoms. The summed E-state index contributed by atoms with van der Waals surface area (Å²) in [5.41, 5.74) is 0. The molecule has 0 aliphatic rings. The van der Waals surface area contributed by atoms with E-state index in [0.29, 0.717) is 25.7 Å². The van der Waals surface area contributed by atoms with E-state index in [0.717, 1.165) is 108 Å². The lowest BCUT2D eigenvalue weighted by Gasteiger charge is -2.21. The summed E-state index contributed by atoms with van der Waals surface area (Å²) in [7, 11) is -9.93. The van der Waals surface area contributed by atoms with Crippen LogP contribution in [0.3, 0.4) is 0 Å². The van der Waals surface area contributed by atoms with Gasteiger partial charge in [0.05, 0.1) is 26.4 Å². The van der Waals surface area contributed by atoms with Crippen LogP contribution in [-0.4, -0.2) is 96.7 Å². The van der Waals surface area contributed by atoms with Crippen LogP contribution in [0.2, 0.25) is 0 Å². The highest BCUT2D eigenvalue weighted by atomic mass is 31.2. The fourth-order valence-corrected chi connectivity index (χ4v) is 15.3. The largest absolute Gasteiger partial charge is 0.472 e. The average Bonchev–Trinajstić information content (AvgIpc) is 0.911. The van der Waals surface area contributed by atoms with Crippen LogP contribution in [0.15, 0.2) is 0 Å². The Hall–Kier alpha value is -1.94. The molecule has 0 radical (unpaired) electrons. The zero-order valence-electron chi connectivity index (χ0n) is 70.6. The number of hydrogen-bond donors (Lipinski definition) is 3. The summed E-state index contributed by atoms with van der Waals surface area (Å²) in [4.78, 5) is 73.3. The van der Waals surface area contributed by atoms with E-state index in [1.54, 1.807) is 0 Å². The molecule has 5 atom stereocenters. The number of carbonyl (C=O) groups is 4. The fraction of sp³-hybridized carbons (Fsp3) is 0.955. The Labute approximate surface area is 658 Å². The molecule has 0 aromatic rings. The van der Waals surface area contributed by atoms with Crippen molar-refractivity contribution in [2.24, 2.45) is 17.8 Å². The number of aliphatic hydroxyl groups is 1. The third-order valence-corrected chi connectivity index (χ3v) is 22.5. The summed E-state index contributed by atoms with van der Waals surface area (Å²) < 4.78 is 68.9. The maximum Gasteiger partial charge on any atom is 0.472 e. The van der Waals surface area contributed by atoms with Crippen LogP contribution in [0.5, 0.6) is 0 Å². The second-order valence-electron chi connectivity index (χ2n) is 33.1. The number of hydrogen-bond acceptors (Lipinski definition) is 15. The van der Waals surface area contributed by atoms with Crippen LogP contribution in [0.1, 0.15) is 466 Å². The van der Waals surface area contributed by atoms with Crippen LogP contribution in [0, 0.1) is 17.8 Å². The van der Waals surface area contributed by atoms with E-state index in [1.165, 1.54) is 276 Å². The van der Waals surface area contributed by atoms with Crippen molar-refractivity contribution in [2.75, 3.05) is 39.6 Å². The summed E-state index contributed by atoms with van der Waals surface area (Å²) in [6, 6.07) is 0. The predicted molar refractivity (Wildman–Crippen MR) is 441 cm³/mol. The first kappa shape index (κ1) is 105.